The van der Waals surface area contributed by atoms with Gasteiger partial charge in [0.2, 0.25) is 5.89 Å². The molecule has 3 aromatic heterocycles. The minimum absolute atomic E-state index is 0.223. The van der Waals surface area contributed by atoms with Gasteiger partial charge in [-0.15, -0.1) is 0 Å². The largest absolute Gasteiger partial charge is 0.350 e. The van der Waals surface area contributed by atoms with Crippen LogP contribution in [0.15, 0.2) is 27.4 Å². The summed E-state index contributed by atoms with van der Waals surface area (Å²) >= 11 is 0. The van der Waals surface area contributed by atoms with E-state index in [9.17, 15) is 0 Å². The minimum Gasteiger partial charge on any atom is -0.350 e. The first kappa shape index (κ1) is 17.1. The average molecular weight is 342 g/mol. The second-order valence-corrected chi connectivity index (χ2v) is 6.57. The predicted molar refractivity (Wildman–Crippen MR) is 92.1 cm³/mol. The van der Waals surface area contributed by atoms with Crippen LogP contribution in [0.4, 0.5) is 5.82 Å². The molecule has 0 amide bonds. The first-order chi connectivity index (χ1) is 11.9. The smallest absolute Gasteiger partial charge is 0.259 e. The van der Waals surface area contributed by atoms with Gasteiger partial charge in [-0.25, -0.2) is 4.98 Å². The molecule has 0 saturated carbocycles. The van der Waals surface area contributed by atoms with E-state index >= 15 is 0 Å². The summed E-state index contributed by atoms with van der Waals surface area (Å²) in [6.07, 6.45) is 1.72. The number of hydrogen-bond donors (Lipinski definition) is 0. The first-order valence-corrected chi connectivity index (χ1v) is 8.27. The summed E-state index contributed by atoms with van der Waals surface area (Å²) in [4.78, 5) is 15.2. The van der Waals surface area contributed by atoms with Crippen LogP contribution in [0, 0.1) is 0 Å². The highest BCUT2D eigenvalue weighted by Gasteiger charge is 2.14. The van der Waals surface area contributed by atoms with Crippen molar-refractivity contribution in [3.63, 3.8) is 0 Å². The molecule has 0 N–H and O–H groups in total. The second-order valence-electron chi connectivity index (χ2n) is 6.57. The van der Waals surface area contributed by atoms with E-state index in [1.807, 2.05) is 51.8 Å². The number of aromatic nitrogens is 5. The van der Waals surface area contributed by atoms with E-state index in [4.69, 9.17) is 9.05 Å². The highest BCUT2D eigenvalue weighted by atomic mass is 16.5. The van der Waals surface area contributed by atoms with E-state index in [-0.39, 0.29) is 11.8 Å². The number of anilines is 1. The van der Waals surface area contributed by atoms with Crippen LogP contribution < -0.4 is 4.90 Å². The quantitative estimate of drug-likeness (QED) is 0.673. The summed E-state index contributed by atoms with van der Waals surface area (Å²) in [7, 11) is 1.92. The summed E-state index contributed by atoms with van der Waals surface area (Å²) in [6, 6.07) is 3.80. The van der Waals surface area contributed by atoms with Crippen LogP contribution in [0.2, 0.25) is 0 Å². The zero-order valence-corrected chi connectivity index (χ0v) is 15.1. The van der Waals surface area contributed by atoms with Crippen molar-refractivity contribution in [3.05, 3.63) is 35.9 Å². The van der Waals surface area contributed by atoms with Crippen LogP contribution in [-0.2, 0) is 6.54 Å². The van der Waals surface area contributed by atoms with Gasteiger partial charge in [0, 0.05) is 25.1 Å². The average Bonchev–Trinajstić information content (AvgIpc) is 3.24. The number of rotatable bonds is 6. The van der Waals surface area contributed by atoms with E-state index in [1.165, 1.54) is 0 Å². The lowest BCUT2D eigenvalue weighted by molar-refractivity contribution is 0.371. The highest BCUT2D eigenvalue weighted by molar-refractivity contribution is 5.54. The fourth-order valence-corrected chi connectivity index (χ4v) is 2.18. The van der Waals surface area contributed by atoms with Crippen molar-refractivity contribution in [2.24, 2.45) is 0 Å². The van der Waals surface area contributed by atoms with Gasteiger partial charge in [-0.2, -0.15) is 9.97 Å². The van der Waals surface area contributed by atoms with Crippen molar-refractivity contribution in [1.82, 2.24) is 25.3 Å². The Hall–Kier alpha value is -2.77. The van der Waals surface area contributed by atoms with Crippen LogP contribution >= 0.6 is 0 Å². The Bertz CT molecular complexity index is 822. The number of nitrogens with zero attached hydrogens (tertiary/aromatic N) is 6. The molecular formula is C17H22N6O2. The van der Waals surface area contributed by atoms with Gasteiger partial charge in [-0.1, -0.05) is 38.0 Å². The Kier molecular flexibility index (Phi) is 4.78. The lowest BCUT2D eigenvalue weighted by atomic mass is 10.2. The van der Waals surface area contributed by atoms with Crippen molar-refractivity contribution >= 4 is 5.82 Å². The molecule has 0 aromatic carbocycles. The molecule has 8 nitrogen and oxygen atoms in total. The minimum atomic E-state index is 0.223. The van der Waals surface area contributed by atoms with Crippen LogP contribution in [0.25, 0.3) is 11.5 Å². The summed E-state index contributed by atoms with van der Waals surface area (Å²) in [5, 5.41) is 7.94. The molecule has 0 radical (unpaired) electrons. The van der Waals surface area contributed by atoms with Gasteiger partial charge in [0.25, 0.3) is 5.89 Å². The monoisotopic (exact) mass is 342 g/mol. The van der Waals surface area contributed by atoms with Crippen molar-refractivity contribution in [2.45, 2.75) is 46.1 Å². The molecule has 0 bridgehead atoms. The number of pyridine rings is 1. The molecular weight excluding hydrogens is 320 g/mol. The third kappa shape index (κ3) is 3.84. The Balaban J connectivity index is 1.70. The predicted octanol–water partition coefficient (Wildman–Crippen LogP) is 3.40. The maximum absolute atomic E-state index is 5.29. The first-order valence-electron chi connectivity index (χ1n) is 8.27. The topological polar surface area (TPSA) is 94.0 Å². The number of hydrogen-bond acceptors (Lipinski definition) is 8. The van der Waals surface area contributed by atoms with Crippen molar-refractivity contribution in [2.75, 3.05) is 11.9 Å². The van der Waals surface area contributed by atoms with E-state index in [1.54, 1.807) is 6.20 Å². The molecule has 0 spiro atoms. The van der Waals surface area contributed by atoms with E-state index in [2.05, 4.69) is 25.3 Å². The maximum Gasteiger partial charge on any atom is 0.259 e. The normalized spacial score (nSPS) is 11.5. The summed E-state index contributed by atoms with van der Waals surface area (Å²) in [5.41, 5.74) is 0.788. The molecule has 3 aromatic rings. The fraction of sp³-hybridized carbons (Fsp3) is 0.471. The van der Waals surface area contributed by atoms with E-state index in [0.717, 1.165) is 11.4 Å². The van der Waals surface area contributed by atoms with E-state index in [0.29, 0.717) is 30.0 Å². The molecule has 0 aliphatic rings. The van der Waals surface area contributed by atoms with Gasteiger partial charge in [-0.05, 0) is 12.1 Å². The third-order valence-electron chi connectivity index (χ3n) is 3.72. The van der Waals surface area contributed by atoms with Crippen LogP contribution in [0.1, 0.15) is 57.1 Å². The summed E-state index contributed by atoms with van der Waals surface area (Å²) < 4.78 is 10.6. The molecule has 0 aliphatic carbocycles. The molecule has 0 fully saturated rings. The molecule has 3 heterocycles. The Morgan fingerprint density at radius 2 is 1.64 bits per heavy atom. The van der Waals surface area contributed by atoms with Crippen molar-refractivity contribution in [1.29, 1.82) is 0 Å². The van der Waals surface area contributed by atoms with Gasteiger partial charge in [-0.3, -0.25) is 0 Å². The molecule has 25 heavy (non-hydrogen) atoms. The molecule has 8 heteroatoms. The zero-order valence-electron chi connectivity index (χ0n) is 15.1. The van der Waals surface area contributed by atoms with Crippen molar-refractivity contribution < 1.29 is 9.05 Å². The van der Waals surface area contributed by atoms with E-state index < -0.39 is 0 Å². The Morgan fingerprint density at radius 1 is 0.960 bits per heavy atom. The van der Waals surface area contributed by atoms with Crippen molar-refractivity contribution in [3.8, 4) is 11.5 Å². The Labute approximate surface area is 146 Å². The van der Waals surface area contributed by atoms with Gasteiger partial charge < -0.3 is 13.9 Å². The Morgan fingerprint density at radius 3 is 2.20 bits per heavy atom. The lowest BCUT2D eigenvalue weighted by Crippen LogP contribution is -2.17. The molecule has 0 atom stereocenters. The van der Waals surface area contributed by atoms with Crippen LogP contribution in [0.5, 0.6) is 0 Å². The third-order valence-corrected chi connectivity index (χ3v) is 3.72. The highest BCUT2D eigenvalue weighted by Crippen LogP contribution is 2.21. The van der Waals surface area contributed by atoms with Gasteiger partial charge in [0.05, 0.1) is 12.1 Å². The summed E-state index contributed by atoms with van der Waals surface area (Å²) in [6.45, 7) is 8.59. The molecule has 3 rings (SSSR count). The lowest BCUT2D eigenvalue weighted by Gasteiger charge is -2.15. The van der Waals surface area contributed by atoms with Crippen LogP contribution in [0.3, 0.4) is 0 Å². The van der Waals surface area contributed by atoms with Gasteiger partial charge >= 0.3 is 0 Å². The molecule has 0 saturated heterocycles. The SMILES string of the molecule is CC(C)c1noc(CN(C)c2ccc(-c3nc(C(C)C)no3)cn2)n1. The van der Waals surface area contributed by atoms with Gasteiger partial charge in [0.15, 0.2) is 11.6 Å². The zero-order chi connectivity index (χ0) is 18.0. The summed E-state index contributed by atoms with van der Waals surface area (Å²) in [5.74, 6) is 3.69. The standard InChI is InChI=1S/C17H22N6O2/c1-10(2)15-19-14(24-21-15)9-23(5)13-7-6-12(8-18-13)17-20-16(11(3)4)22-25-17/h6-8,10-11H,9H2,1-5H3. The fourth-order valence-electron chi connectivity index (χ4n) is 2.18. The molecule has 132 valence electrons. The molecule has 0 unspecified atom stereocenters. The maximum atomic E-state index is 5.29. The van der Waals surface area contributed by atoms with Crippen LogP contribution in [-0.4, -0.2) is 32.3 Å². The molecule has 0 aliphatic heterocycles. The van der Waals surface area contributed by atoms with Gasteiger partial charge in [0.1, 0.15) is 5.82 Å². The second kappa shape index (κ2) is 7.00.